The van der Waals surface area contributed by atoms with Crippen molar-refractivity contribution in [3.63, 3.8) is 0 Å². The summed E-state index contributed by atoms with van der Waals surface area (Å²) in [4.78, 5) is 23.1. The van der Waals surface area contributed by atoms with E-state index in [2.05, 4.69) is 0 Å². The Labute approximate surface area is 99.8 Å². The molecule has 0 aromatic carbocycles. The molecule has 0 heterocycles. The van der Waals surface area contributed by atoms with Gasteiger partial charge >= 0.3 is 0 Å². The highest BCUT2D eigenvalue weighted by atomic mass is 31.2. The number of unbranched alkanes of at least 4 members (excludes halogenated alkanes) is 2. The van der Waals surface area contributed by atoms with E-state index in [4.69, 9.17) is 0 Å². The molecular formula is C12H25O3P-2. The molecule has 98 valence electrons. The topological polar surface area (TPSA) is 63.2 Å². The van der Waals surface area contributed by atoms with Crippen molar-refractivity contribution >= 4 is 7.60 Å². The van der Waals surface area contributed by atoms with E-state index in [0.29, 0.717) is 19.3 Å². The predicted octanol–water partition coefficient (Wildman–Crippen LogP) is 2.82. The van der Waals surface area contributed by atoms with E-state index in [1.165, 1.54) is 0 Å². The van der Waals surface area contributed by atoms with Crippen molar-refractivity contribution in [1.29, 1.82) is 0 Å². The lowest BCUT2D eigenvalue weighted by molar-refractivity contribution is -0.321. The molecule has 0 bridgehead atoms. The standard InChI is InChI=1S/C12H27O3P/c1-4-7-10-12(9-6-3,11-8-5-2)16(13,14)15/h4-11H2,1-3H3,(H2,13,14,15)/p-2. The number of hydrogen-bond donors (Lipinski definition) is 0. The van der Waals surface area contributed by atoms with E-state index in [1.54, 1.807) is 0 Å². The van der Waals surface area contributed by atoms with Crippen LogP contribution < -0.4 is 9.79 Å². The molecular weight excluding hydrogens is 223 g/mol. The van der Waals surface area contributed by atoms with Crippen molar-refractivity contribution in [1.82, 2.24) is 0 Å². The third-order valence-electron chi connectivity index (χ3n) is 3.29. The van der Waals surface area contributed by atoms with Crippen LogP contribution in [0.5, 0.6) is 0 Å². The van der Waals surface area contributed by atoms with E-state index in [1.807, 2.05) is 20.8 Å². The number of hydrogen-bond acceptors (Lipinski definition) is 3. The van der Waals surface area contributed by atoms with E-state index in [-0.39, 0.29) is 0 Å². The molecule has 0 unspecified atom stereocenters. The first kappa shape index (κ1) is 16.1. The molecule has 0 saturated carbocycles. The average molecular weight is 248 g/mol. The first-order valence-electron chi connectivity index (χ1n) is 6.45. The maximum Gasteiger partial charge on any atom is -0.00197 e. The quantitative estimate of drug-likeness (QED) is 0.589. The fraction of sp³-hybridized carbons (Fsp3) is 1.00. The third kappa shape index (κ3) is 4.57. The Kier molecular flexibility index (Phi) is 7.54. The second-order valence-electron chi connectivity index (χ2n) is 4.68. The first-order chi connectivity index (χ1) is 7.43. The van der Waals surface area contributed by atoms with Crippen LogP contribution in [-0.4, -0.2) is 5.16 Å². The molecule has 3 nitrogen and oxygen atoms in total. The van der Waals surface area contributed by atoms with Crippen molar-refractivity contribution in [2.45, 2.75) is 77.3 Å². The van der Waals surface area contributed by atoms with E-state index >= 15 is 0 Å². The average Bonchev–Trinajstić information content (AvgIpc) is 2.20. The van der Waals surface area contributed by atoms with Crippen LogP contribution in [0.3, 0.4) is 0 Å². The van der Waals surface area contributed by atoms with Gasteiger partial charge in [-0.25, -0.2) is 0 Å². The lowest BCUT2D eigenvalue weighted by Gasteiger charge is -2.50. The maximum atomic E-state index is 11.5. The van der Waals surface area contributed by atoms with Gasteiger partial charge in [0.1, 0.15) is 0 Å². The summed E-state index contributed by atoms with van der Waals surface area (Å²) in [5, 5.41) is -0.965. The molecule has 0 aliphatic heterocycles. The van der Waals surface area contributed by atoms with Crippen LogP contribution in [-0.2, 0) is 4.57 Å². The zero-order valence-electron chi connectivity index (χ0n) is 10.8. The fourth-order valence-electron chi connectivity index (χ4n) is 2.26. The molecule has 0 aromatic heterocycles. The second kappa shape index (κ2) is 7.47. The lowest BCUT2D eigenvalue weighted by Crippen LogP contribution is -2.39. The molecule has 0 aliphatic carbocycles. The van der Waals surface area contributed by atoms with Gasteiger partial charge in [-0.3, -0.25) is 0 Å². The molecule has 0 fully saturated rings. The SMILES string of the molecule is CCCCC(CCC)(CCCC)P(=O)([O-])[O-]. The Morgan fingerprint density at radius 2 is 1.31 bits per heavy atom. The van der Waals surface area contributed by atoms with Gasteiger partial charge in [0.05, 0.1) is 0 Å². The van der Waals surface area contributed by atoms with Crippen LogP contribution in [0.15, 0.2) is 0 Å². The van der Waals surface area contributed by atoms with Gasteiger partial charge in [-0.05, 0) is 24.4 Å². The van der Waals surface area contributed by atoms with E-state index < -0.39 is 12.8 Å². The number of rotatable bonds is 9. The van der Waals surface area contributed by atoms with Crippen molar-refractivity contribution in [2.24, 2.45) is 0 Å². The summed E-state index contributed by atoms with van der Waals surface area (Å²) in [5.41, 5.74) is 0. The molecule has 0 aromatic rings. The van der Waals surface area contributed by atoms with Gasteiger partial charge in [0.15, 0.2) is 0 Å². The Morgan fingerprint density at radius 1 is 0.875 bits per heavy atom. The van der Waals surface area contributed by atoms with Crippen molar-refractivity contribution in [3.05, 3.63) is 0 Å². The molecule has 0 amide bonds. The van der Waals surface area contributed by atoms with Crippen LogP contribution in [0, 0.1) is 0 Å². The van der Waals surface area contributed by atoms with Crippen molar-refractivity contribution < 1.29 is 14.4 Å². The molecule has 0 atom stereocenters. The van der Waals surface area contributed by atoms with Gasteiger partial charge in [-0.1, -0.05) is 60.5 Å². The summed E-state index contributed by atoms with van der Waals surface area (Å²) < 4.78 is 11.5. The lowest BCUT2D eigenvalue weighted by atomic mass is 9.90. The van der Waals surface area contributed by atoms with Gasteiger partial charge < -0.3 is 14.4 Å². The molecule has 0 rings (SSSR count). The van der Waals surface area contributed by atoms with Crippen molar-refractivity contribution in [2.75, 3.05) is 0 Å². The van der Waals surface area contributed by atoms with Gasteiger partial charge in [0.2, 0.25) is 0 Å². The smallest absolute Gasteiger partial charge is 0.00197 e. The predicted molar refractivity (Wildman–Crippen MR) is 64.3 cm³/mol. The minimum Gasteiger partial charge on any atom is -0.810 e. The summed E-state index contributed by atoms with van der Waals surface area (Å²) in [7, 11) is -4.48. The molecule has 0 spiro atoms. The Hall–Kier alpha value is 0.150. The summed E-state index contributed by atoms with van der Waals surface area (Å²) in [6, 6.07) is 0. The Bertz CT molecular complexity index is 214. The van der Waals surface area contributed by atoms with Gasteiger partial charge in [-0.2, -0.15) is 0 Å². The highest BCUT2D eigenvalue weighted by Gasteiger charge is 2.31. The minimum absolute atomic E-state index is 0.525. The highest BCUT2D eigenvalue weighted by Crippen LogP contribution is 2.52. The largest absolute Gasteiger partial charge is 0.810 e. The summed E-state index contributed by atoms with van der Waals surface area (Å²) in [6.07, 6.45) is 5.92. The summed E-state index contributed by atoms with van der Waals surface area (Å²) in [6.45, 7) is 6.00. The zero-order valence-corrected chi connectivity index (χ0v) is 11.7. The van der Waals surface area contributed by atoms with E-state index in [9.17, 15) is 14.4 Å². The Morgan fingerprint density at radius 3 is 1.56 bits per heavy atom. The third-order valence-corrected chi connectivity index (χ3v) is 5.12. The van der Waals surface area contributed by atoms with Crippen LogP contribution in [0.2, 0.25) is 0 Å². The highest BCUT2D eigenvalue weighted by molar-refractivity contribution is 7.50. The molecule has 0 radical (unpaired) electrons. The van der Waals surface area contributed by atoms with Crippen LogP contribution in [0.25, 0.3) is 0 Å². The molecule has 0 N–H and O–H groups in total. The van der Waals surface area contributed by atoms with Gasteiger partial charge in [0.25, 0.3) is 0 Å². The Balaban J connectivity index is 4.81. The first-order valence-corrected chi connectivity index (χ1v) is 8.00. The molecule has 0 saturated heterocycles. The van der Waals surface area contributed by atoms with Crippen LogP contribution >= 0.6 is 7.60 Å². The van der Waals surface area contributed by atoms with Gasteiger partial charge in [0, 0.05) is 0 Å². The van der Waals surface area contributed by atoms with Crippen molar-refractivity contribution in [3.8, 4) is 0 Å². The van der Waals surface area contributed by atoms with Crippen LogP contribution in [0.4, 0.5) is 0 Å². The molecule has 0 aliphatic rings. The maximum absolute atomic E-state index is 11.5. The monoisotopic (exact) mass is 248 g/mol. The summed E-state index contributed by atoms with van der Waals surface area (Å²) in [5.74, 6) is 0. The van der Waals surface area contributed by atoms with Gasteiger partial charge in [-0.15, -0.1) is 0 Å². The minimum atomic E-state index is -4.48. The van der Waals surface area contributed by atoms with E-state index in [0.717, 1.165) is 32.1 Å². The molecule has 4 heteroatoms. The zero-order chi connectivity index (χ0) is 12.7. The second-order valence-corrected chi connectivity index (χ2v) is 6.62. The normalized spacial score (nSPS) is 13.1. The summed E-state index contributed by atoms with van der Waals surface area (Å²) >= 11 is 0. The van der Waals surface area contributed by atoms with Crippen LogP contribution in [0.1, 0.15) is 72.1 Å². The molecule has 16 heavy (non-hydrogen) atoms. The fourth-order valence-corrected chi connectivity index (χ4v) is 3.62.